The second-order valence-corrected chi connectivity index (χ2v) is 7.26. The van der Waals surface area contributed by atoms with E-state index in [9.17, 15) is 14.9 Å². The highest BCUT2D eigenvalue weighted by Crippen LogP contribution is 2.27. The van der Waals surface area contributed by atoms with Gasteiger partial charge in [0, 0.05) is 45.2 Å². The van der Waals surface area contributed by atoms with Crippen LogP contribution in [0.15, 0.2) is 48.7 Å². The van der Waals surface area contributed by atoms with Crippen molar-refractivity contribution in [1.82, 2.24) is 4.98 Å². The fraction of sp³-hybridized carbons (Fsp3) is 0.0588. The van der Waals surface area contributed by atoms with Crippen LogP contribution in [0.25, 0.3) is 0 Å². The number of non-ortho nitro benzene ring substituents is 1. The average Bonchev–Trinajstić information content (AvgIpc) is 3.04. The van der Waals surface area contributed by atoms with E-state index in [4.69, 9.17) is 23.2 Å². The van der Waals surface area contributed by atoms with Gasteiger partial charge in [-0.2, -0.15) is 0 Å². The number of halogens is 2. The molecule has 6 nitrogen and oxygen atoms in total. The predicted octanol–water partition coefficient (Wildman–Crippen LogP) is 5.20. The molecule has 0 unspecified atom stereocenters. The average molecular weight is 408 g/mol. The number of thiazole rings is 1. The third-order valence-electron chi connectivity index (χ3n) is 3.47. The highest BCUT2D eigenvalue weighted by molar-refractivity contribution is 7.15. The maximum atomic E-state index is 12.2. The van der Waals surface area contributed by atoms with Crippen LogP contribution in [0.4, 0.5) is 10.8 Å². The van der Waals surface area contributed by atoms with E-state index in [2.05, 4.69) is 10.3 Å². The van der Waals surface area contributed by atoms with Crippen LogP contribution in [0.2, 0.25) is 10.0 Å². The Hall–Kier alpha value is -2.48. The molecular formula is C17H11Cl2N3O3S. The normalized spacial score (nSPS) is 10.5. The van der Waals surface area contributed by atoms with Crippen LogP contribution in [0.5, 0.6) is 0 Å². The van der Waals surface area contributed by atoms with Gasteiger partial charge in [0.2, 0.25) is 0 Å². The van der Waals surface area contributed by atoms with Crippen LogP contribution in [-0.4, -0.2) is 15.8 Å². The standard InChI is InChI=1S/C17H11Cl2N3O3S/c18-12-5-4-10(15(19)8-12)7-14-9-20-17(26-14)21-16(23)11-2-1-3-13(6-11)22(24)25/h1-6,8-9H,7H2,(H,20,21,23). The number of nitro benzene ring substituents is 1. The first kappa shape index (κ1) is 18.3. The van der Waals surface area contributed by atoms with Crippen LogP contribution in [-0.2, 0) is 6.42 Å². The molecule has 9 heteroatoms. The number of amides is 1. The predicted molar refractivity (Wildman–Crippen MR) is 102 cm³/mol. The van der Waals surface area contributed by atoms with E-state index in [1.807, 2.05) is 6.07 Å². The molecule has 0 atom stereocenters. The minimum Gasteiger partial charge on any atom is -0.298 e. The Morgan fingerprint density at radius 2 is 2.04 bits per heavy atom. The van der Waals surface area contributed by atoms with Gasteiger partial charge < -0.3 is 0 Å². The van der Waals surface area contributed by atoms with Gasteiger partial charge in [0.05, 0.1) is 4.92 Å². The van der Waals surface area contributed by atoms with Crippen molar-refractivity contribution in [2.45, 2.75) is 6.42 Å². The molecule has 0 saturated carbocycles. The first-order valence-electron chi connectivity index (χ1n) is 7.37. The van der Waals surface area contributed by atoms with E-state index in [-0.39, 0.29) is 11.3 Å². The molecule has 1 amide bonds. The summed E-state index contributed by atoms with van der Waals surface area (Å²) in [6.07, 6.45) is 2.21. The summed E-state index contributed by atoms with van der Waals surface area (Å²) in [5, 5.41) is 15.0. The van der Waals surface area contributed by atoms with Crippen molar-refractivity contribution >= 4 is 51.3 Å². The van der Waals surface area contributed by atoms with Crippen molar-refractivity contribution in [3.8, 4) is 0 Å². The summed E-state index contributed by atoms with van der Waals surface area (Å²) in [5.74, 6) is -0.459. The number of aromatic nitrogens is 1. The molecule has 0 aliphatic carbocycles. The molecule has 0 saturated heterocycles. The summed E-state index contributed by atoms with van der Waals surface area (Å²) in [5.41, 5.74) is 0.947. The van der Waals surface area contributed by atoms with E-state index in [1.165, 1.54) is 35.6 Å². The first-order chi connectivity index (χ1) is 12.4. The van der Waals surface area contributed by atoms with Gasteiger partial charge in [0.15, 0.2) is 5.13 Å². The zero-order chi connectivity index (χ0) is 18.7. The highest BCUT2D eigenvalue weighted by Gasteiger charge is 2.13. The SMILES string of the molecule is O=C(Nc1ncc(Cc2ccc(Cl)cc2Cl)s1)c1cccc([N+](=O)[O-])c1. The van der Waals surface area contributed by atoms with Crippen molar-refractivity contribution in [3.05, 3.63) is 84.8 Å². The number of hydrogen-bond donors (Lipinski definition) is 1. The quantitative estimate of drug-likeness (QED) is 0.464. The van der Waals surface area contributed by atoms with E-state index in [1.54, 1.807) is 18.3 Å². The molecule has 1 heterocycles. The third kappa shape index (κ3) is 4.37. The van der Waals surface area contributed by atoms with Crippen LogP contribution in [0.3, 0.4) is 0 Å². The number of nitrogens with one attached hydrogen (secondary N) is 1. The van der Waals surface area contributed by atoms with Crippen molar-refractivity contribution in [3.63, 3.8) is 0 Å². The van der Waals surface area contributed by atoms with Gasteiger partial charge in [0.25, 0.3) is 11.6 Å². The van der Waals surface area contributed by atoms with E-state index < -0.39 is 10.8 Å². The zero-order valence-corrected chi connectivity index (χ0v) is 15.4. The molecule has 132 valence electrons. The molecule has 1 aromatic heterocycles. The Morgan fingerprint density at radius 3 is 2.77 bits per heavy atom. The molecule has 0 aliphatic rings. The lowest BCUT2D eigenvalue weighted by molar-refractivity contribution is -0.384. The lowest BCUT2D eigenvalue weighted by Crippen LogP contribution is -2.11. The van der Waals surface area contributed by atoms with Crippen LogP contribution in [0.1, 0.15) is 20.8 Å². The summed E-state index contributed by atoms with van der Waals surface area (Å²) >= 11 is 13.4. The topological polar surface area (TPSA) is 85.1 Å². The van der Waals surface area contributed by atoms with Gasteiger partial charge in [-0.1, -0.05) is 35.3 Å². The van der Waals surface area contributed by atoms with Crippen molar-refractivity contribution in [2.24, 2.45) is 0 Å². The molecule has 0 radical (unpaired) electrons. The van der Waals surface area contributed by atoms with Crippen molar-refractivity contribution in [1.29, 1.82) is 0 Å². The lowest BCUT2D eigenvalue weighted by Gasteiger charge is -2.03. The number of carbonyl (C=O) groups excluding carboxylic acids is 1. The van der Waals surface area contributed by atoms with Gasteiger partial charge in [-0.05, 0) is 23.8 Å². The fourth-order valence-electron chi connectivity index (χ4n) is 2.23. The van der Waals surface area contributed by atoms with Gasteiger partial charge >= 0.3 is 0 Å². The van der Waals surface area contributed by atoms with Crippen LogP contribution >= 0.6 is 34.5 Å². The Balaban J connectivity index is 1.71. The summed E-state index contributed by atoms with van der Waals surface area (Å²) in [7, 11) is 0. The molecule has 0 spiro atoms. The Labute approximate surface area is 162 Å². The lowest BCUT2D eigenvalue weighted by atomic mass is 10.1. The molecule has 0 aliphatic heterocycles. The summed E-state index contributed by atoms with van der Waals surface area (Å²) in [4.78, 5) is 27.6. The minimum absolute atomic E-state index is 0.144. The van der Waals surface area contributed by atoms with E-state index in [0.29, 0.717) is 21.6 Å². The molecular weight excluding hydrogens is 397 g/mol. The smallest absolute Gasteiger partial charge is 0.270 e. The Bertz CT molecular complexity index is 991. The van der Waals surface area contributed by atoms with Gasteiger partial charge in [-0.3, -0.25) is 20.2 Å². The zero-order valence-electron chi connectivity index (χ0n) is 13.1. The van der Waals surface area contributed by atoms with Gasteiger partial charge in [-0.25, -0.2) is 4.98 Å². The monoisotopic (exact) mass is 407 g/mol. The van der Waals surface area contributed by atoms with Crippen LogP contribution in [0, 0.1) is 10.1 Å². The largest absolute Gasteiger partial charge is 0.298 e. The van der Waals surface area contributed by atoms with Crippen molar-refractivity contribution < 1.29 is 9.72 Å². The van der Waals surface area contributed by atoms with E-state index in [0.717, 1.165) is 10.4 Å². The maximum Gasteiger partial charge on any atom is 0.270 e. The van der Waals surface area contributed by atoms with E-state index >= 15 is 0 Å². The molecule has 3 aromatic rings. The molecule has 0 bridgehead atoms. The van der Waals surface area contributed by atoms with Crippen molar-refractivity contribution in [2.75, 3.05) is 5.32 Å². The fourth-order valence-corrected chi connectivity index (χ4v) is 3.54. The highest BCUT2D eigenvalue weighted by atomic mass is 35.5. The minimum atomic E-state index is -0.547. The second-order valence-electron chi connectivity index (χ2n) is 5.31. The number of anilines is 1. The third-order valence-corrected chi connectivity index (χ3v) is 4.97. The number of hydrogen-bond acceptors (Lipinski definition) is 5. The number of nitro groups is 1. The van der Waals surface area contributed by atoms with Gasteiger partial charge in [0.1, 0.15) is 0 Å². The van der Waals surface area contributed by atoms with Crippen LogP contribution < -0.4 is 5.32 Å². The number of rotatable bonds is 5. The Kier molecular flexibility index (Phi) is 5.51. The number of carbonyl (C=O) groups is 1. The number of nitrogens with zero attached hydrogens (tertiary/aromatic N) is 2. The molecule has 26 heavy (non-hydrogen) atoms. The number of benzene rings is 2. The summed E-state index contributed by atoms with van der Waals surface area (Å²) in [6.45, 7) is 0. The summed E-state index contributed by atoms with van der Waals surface area (Å²) in [6, 6.07) is 10.8. The van der Waals surface area contributed by atoms with Gasteiger partial charge in [-0.15, -0.1) is 11.3 Å². The molecule has 0 fully saturated rings. The molecule has 3 rings (SSSR count). The summed E-state index contributed by atoms with van der Waals surface area (Å²) < 4.78 is 0. The maximum absolute atomic E-state index is 12.2. The first-order valence-corrected chi connectivity index (χ1v) is 8.94. The molecule has 2 aromatic carbocycles. The second kappa shape index (κ2) is 7.82. The molecule has 1 N–H and O–H groups in total. The Morgan fingerprint density at radius 1 is 1.23 bits per heavy atom.